The molecule has 0 bridgehead atoms. The van der Waals surface area contributed by atoms with Gasteiger partial charge in [0.2, 0.25) is 5.95 Å². The Kier molecular flexibility index (Phi) is 4.88. The van der Waals surface area contributed by atoms with E-state index >= 15 is 0 Å². The molecule has 0 radical (unpaired) electrons. The van der Waals surface area contributed by atoms with Crippen LogP contribution in [-0.2, 0) is 0 Å². The molecule has 0 spiro atoms. The molecule has 144 valence electrons. The van der Waals surface area contributed by atoms with E-state index in [0.717, 1.165) is 37.7 Å². The van der Waals surface area contributed by atoms with Crippen molar-refractivity contribution in [2.75, 3.05) is 41.3 Å². The number of hydrogen-bond donors (Lipinski definition) is 1. The lowest BCUT2D eigenvalue weighted by atomic mass is 10.3. The molecule has 3 aromatic heterocycles. The van der Waals surface area contributed by atoms with Gasteiger partial charge in [-0.15, -0.1) is 0 Å². The molecule has 0 saturated carbocycles. The predicted octanol–water partition coefficient (Wildman–Crippen LogP) is 2.06. The molecule has 1 N–H and O–H groups in total. The lowest BCUT2D eigenvalue weighted by Gasteiger charge is -2.35. The second kappa shape index (κ2) is 7.63. The number of carbonyl (C=O) groups is 1. The minimum atomic E-state index is -0.341. The largest absolute Gasteiger partial charge is 0.360 e. The molecule has 3 aromatic rings. The number of aryl methyl sites for hydroxylation is 2. The fraction of sp³-hybridized carbons (Fsp3) is 0.316. The van der Waals surface area contributed by atoms with Crippen molar-refractivity contribution in [3.8, 4) is 0 Å². The van der Waals surface area contributed by atoms with Crippen LogP contribution in [0.2, 0.25) is 0 Å². The van der Waals surface area contributed by atoms with Crippen molar-refractivity contribution in [2.45, 2.75) is 13.8 Å². The Bertz CT molecular complexity index is 965. The first-order chi connectivity index (χ1) is 13.6. The summed E-state index contributed by atoms with van der Waals surface area (Å²) in [5, 5.41) is 6.48. The number of pyridine rings is 1. The summed E-state index contributed by atoms with van der Waals surface area (Å²) in [7, 11) is 0. The number of aromatic nitrogens is 4. The Labute approximate surface area is 162 Å². The van der Waals surface area contributed by atoms with Gasteiger partial charge < -0.3 is 19.6 Å². The quantitative estimate of drug-likeness (QED) is 0.735. The molecule has 1 amide bonds. The van der Waals surface area contributed by atoms with Crippen molar-refractivity contribution >= 4 is 23.5 Å². The smallest absolute Gasteiger partial charge is 0.275 e. The molecule has 9 nitrogen and oxygen atoms in total. The molecule has 4 heterocycles. The van der Waals surface area contributed by atoms with Crippen LogP contribution < -0.4 is 15.1 Å². The third kappa shape index (κ3) is 3.93. The summed E-state index contributed by atoms with van der Waals surface area (Å²) in [6, 6.07) is 9.22. The molecule has 0 unspecified atom stereocenters. The van der Waals surface area contributed by atoms with Crippen LogP contribution in [0, 0.1) is 13.8 Å². The first kappa shape index (κ1) is 17.9. The Morgan fingerprint density at radius 2 is 1.86 bits per heavy atom. The first-order valence-corrected chi connectivity index (χ1v) is 9.10. The van der Waals surface area contributed by atoms with Gasteiger partial charge in [-0.1, -0.05) is 11.2 Å². The maximum atomic E-state index is 12.5. The zero-order chi connectivity index (χ0) is 19.5. The number of piperazine rings is 1. The highest BCUT2D eigenvalue weighted by molar-refractivity contribution is 6.02. The first-order valence-electron chi connectivity index (χ1n) is 9.10. The average Bonchev–Trinajstić information content (AvgIpc) is 3.13. The van der Waals surface area contributed by atoms with E-state index in [1.165, 1.54) is 0 Å². The Balaban J connectivity index is 1.46. The molecule has 9 heteroatoms. The summed E-state index contributed by atoms with van der Waals surface area (Å²) in [4.78, 5) is 30.2. The molecule has 0 aromatic carbocycles. The highest BCUT2D eigenvalue weighted by Crippen LogP contribution is 2.17. The van der Waals surface area contributed by atoms with Crippen molar-refractivity contribution in [3.05, 3.63) is 53.7 Å². The molecule has 1 aliphatic rings. The van der Waals surface area contributed by atoms with Crippen molar-refractivity contribution < 1.29 is 9.32 Å². The van der Waals surface area contributed by atoms with Crippen molar-refractivity contribution in [1.82, 2.24) is 20.1 Å². The molecular formula is C19H21N7O2. The van der Waals surface area contributed by atoms with Gasteiger partial charge >= 0.3 is 0 Å². The Hall–Kier alpha value is -3.49. The molecule has 1 aliphatic heterocycles. The number of hydrogen-bond acceptors (Lipinski definition) is 8. The van der Waals surface area contributed by atoms with E-state index in [1.54, 1.807) is 25.3 Å². The minimum absolute atomic E-state index is 0.301. The second-order valence-electron chi connectivity index (χ2n) is 6.63. The van der Waals surface area contributed by atoms with Crippen molar-refractivity contribution in [2.24, 2.45) is 0 Å². The summed E-state index contributed by atoms with van der Waals surface area (Å²) in [6.07, 6.45) is 1.80. The van der Waals surface area contributed by atoms with Crippen molar-refractivity contribution in [1.29, 1.82) is 0 Å². The number of anilines is 3. The summed E-state index contributed by atoms with van der Waals surface area (Å²) >= 11 is 0. The van der Waals surface area contributed by atoms with E-state index in [4.69, 9.17) is 4.52 Å². The standard InChI is InChI=1S/C19H21N7O2/c1-13-11-15(18(27)23-16-12-14(2)28-24-16)22-19(21-13)26-9-7-25(8-10-26)17-5-3-4-6-20-17/h3-6,11-12H,7-10H2,1-2H3,(H,23,24,27). The lowest BCUT2D eigenvalue weighted by Crippen LogP contribution is -2.47. The van der Waals surface area contributed by atoms with Crippen LogP contribution in [0.15, 0.2) is 41.1 Å². The average molecular weight is 379 g/mol. The fourth-order valence-electron chi connectivity index (χ4n) is 3.09. The van der Waals surface area contributed by atoms with E-state index in [2.05, 4.69) is 35.2 Å². The molecule has 0 aliphatic carbocycles. The van der Waals surface area contributed by atoms with Crippen LogP contribution in [-0.4, -0.2) is 52.2 Å². The van der Waals surface area contributed by atoms with Gasteiger partial charge in [0.25, 0.3) is 5.91 Å². The highest BCUT2D eigenvalue weighted by Gasteiger charge is 2.21. The van der Waals surface area contributed by atoms with Crippen LogP contribution in [0.25, 0.3) is 0 Å². The van der Waals surface area contributed by atoms with Gasteiger partial charge in [0.05, 0.1) is 0 Å². The topological polar surface area (TPSA) is 100 Å². The summed E-state index contributed by atoms with van der Waals surface area (Å²) < 4.78 is 4.97. The third-order valence-corrected chi connectivity index (χ3v) is 4.48. The van der Waals surface area contributed by atoms with Gasteiger partial charge in [-0.05, 0) is 32.0 Å². The van der Waals surface area contributed by atoms with Gasteiger partial charge in [0, 0.05) is 44.1 Å². The van der Waals surface area contributed by atoms with Gasteiger partial charge in [-0.3, -0.25) is 4.79 Å². The normalized spacial score (nSPS) is 14.2. The monoisotopic (exact) mass is 379 g/mol. The van der Waals surface area contributed by atoms with Crippen molar-refractivity contribution in [3.63, 3.8) is 0 Å². The molecule has 4 rings (SSSR count). The number of amides is 1. The highest BCUT2D eigenvalue weighted by atomic mass is 16.5. The Morgan fingerprint density at radius 1 is 1.07 bits per heavy atom. The van der Waals surface area contributed by atoms with E-state index in [-0.39, 0.29) is 5.91 Å². The summed E-state index contributed by atoms with van der Waals surface area (Å²) in [5.41, 5.74) is 1.04. The molecule has 28 heavy (non-hydrogen) atoms. The van der Waals surface area contributed by atoms with E-state index in [0.29, 0.717) is 23.2 Å². The summed E-state index contributed by atoms with van der Waals surface area (Å²) in [5.74, 6) is 2.18. The van der Waals surface area contributed by atoms with E-state index in [1.807, 2.05) is 25.1 Å². The van der Waals surface area contributed by atoms with Gasteiger partial charge in [-0.25, -0.2) is 15.0 Å². The lowest BCUT2D eigenvalue weighted by molar-refractivity contribution is 0.102. The maximum absolute atomic E-state index is 12.5. The van der Waals surface area contributed by atoms with Gasteiger partial charge in [-0.2, -0.15) is 0 Å². The molecule has 0 atom stereocenters. The molecule has 1 fully saturated rings. The third-order valence-electron chi connectivity index (χ3n) is 4.48. The number of nitrogens with one attached hydrogen (secondary N) is 1. The zero-order valence-electron chi connectivity index (χ0n) is 15.8. The van der Waals surface area contributed by atoms with Gasteiger partial charge in [0.1, 0.15) is 17.3 Å². The number of carbonyl (C=O) groups excluding carboxylic acids is 1. The van der Waals surface area contributed by atoms with Crippen LogP contribution in [0.4, 0.5) is 17.6 Å². The molecular weight excluding hydrogens is 358 g/mol. The minimum Gasteiger partial charge on any atom is -0.360 e. The zero-order valence-corrected chi connectivity index (χ0v) is 15.8. The van der Waals surface area contributed by atoms with Crippen LogP contribution >= 0.6 is 0 Å². The van der Waals surface area contributed by atoms with Crippen LogP contribution in [0.5, 0.6) is 0 Å². The summed E-state index contributed by atoms with van der Waals surface area (Å²) in [6.45, 7) is 6.75. The maximum Gasteiger partial charge on any atom is 0.275 e. The number of rotatable bonds is 4. The fourth-order valence-corrected chi connectivity index (χ4v) is 3.09. The predicted molar refractivity (Wildman–Crippen MR) is 105 cm³/mol. The number of nitrogens with zero attached hydrogens (tertiary/aromatic N) is 6. The molecule has 1 saturated heterocycles. The SMILES string of the molecule is Cc1cc(C(=O)Nc2cc(C)on2)nc(N2CCN(c3ccccn3)CC2)n1. The van der Waals surface area contributed by atoms with E-state index < -0.39 is 0 Å². The second-order valence-corrected chi connectivity index (χ2v) is 6.63. The van der Waals surface area contributed by atoms with E-state index in [9.17, 15) is 4.79 Å². The van der Waals surface area contributed by atoms with Crippen LogP contribution in [0.1, 0.15) is 21.9 Å². The van der Waals surface area contributed by atoms with Crippen LogP contribution in [0.3, 0.4) is 0 Å². The van der Waals surface area contributed by atoms with Gasteiger partial charge in [0.15, 0.2) is 5.82 Å². The Morgan fingerprint density at radius 3 is 2.54 bits per heavy atom.